The molecular formula is C16H18ClNO2. The predicted molar refractivity (Wildman–Crippen MR) is 82.7 cm³/mol. The second-order valence-corrected chi connectivity index (χ2v) is 5.32. The minimum Gasteiger partial charge on any atom is -0.409 e. The van der Waals surface area contributed by atoms with Gasteiger partial charge in [-0.15, -0.1) is 0 Å². The van der Waals surface area contributed by atoms with E-state index in [9.17, 15) is 4.79 Å². The Hall–Kier alpha value is -1.74. The monoisotopic (exact) mass is 291 g/mol. The van der Waals surface area contributed by atoms with Crippen molar-refractivity contribution in [1.29, 1.82) is 0 Å². The molecule has 0 fully saturated rings. The maximum atomic E-state index is 11.6. The number of rotatable bonds is 3. The highest BCUT2D eigenvalue weighted by molar-refractivity contribution is 6.37. The largest absolute Gasteiger partial charge is 0.414 e. The summed E-state index contributed by atoms with van der Waals surface area (Å²) in [6, 6.07) is 9.84. The van der Waals surface area contributed by atoms with Crippen LogP contribution in [0.2, 0.25) is 5.02 Å². The van der Waals surface area contributed by atoms with E-state index in [2.05, 4.69) is 19.1 Å². The van der Waals surface area contributed by atoms with Crippen LogP contribution in [0.15, 0.2) is 30.3 Å². The number of fused-ring (bicyclic) bond motifs is 1. The van der Waals surface area contributed by atoms with Crippen LogP contribution < -0.4 is 4.74 Å². The number of benzene rings is 2. The maximum absolute atomic E-state index is 11.6. The lowest BCUT2D eigenvalue weighted by atomic mass is 10.0. The topological polar surface area (TPSA) is 29.5 Å². The minimum absolute atomic E-state index is 0.390. The van der Waals surface area contributed by atoms with Crippen LogP contribution in [-0.2, 0) is 6.42 Å². The minimum atomic E-state index is -0.436. The number of nitrogens with zero attached hydrogens (tertiary/aromatic N) is 1. The first-order chi connectivity index (χ1) is 9.52. The Bertz CT molecular complexity index is 638. The molecule has 0 unspecified atom stereocenters. The highest BCUT2D eigenvalue weighted by Gasteiger charge is 2.12. The van der Waals surface area contributed by atoms with Gasteiger partial charge < -0.3 is 9.64 Å². The van der Waals surface area contributed by atoms with Crippen LogP contribution in [0.1, 0.15) is 18.9 Å². The van der Waals surface area contributed by atoms with Crippen molar-refractivity contribution in [3.05, 3.63) is 40.9 Å². The van der Waals surface area contributed by atoms with E-state index in [0.29, 0.717) is 10.8 Å². The fraction of sp³-hybridized carbons (Fsp3) is 0.312. The third-order valence-corrected chi connectivity index (χ3v) is 3.47. The molecule has 3 nitrogen and oxygen atoms in total. The lowest BCUT2D eigenvalue weighted by molar-refractivity contribution is 0.172. The first kappa shape index (κ1) is 14.7. The second kappa shape index (κ2) is 6.14. The fourth-order valence-electron chi connectivity index (χ4n) is 2.03. The van der Waals surface area contributed by atoms with Crippen LogP contribution in [0.5, 0.6) is 5.75 Å². The first-order valence-electron chi connectivity index (χ1n) is 6.63. The van der Waals surface area contributed by atoms with Crippen molar-refractivity contribution in [2.24, 2.45) is 0 Å². The summed E-state index contributed by atoms with van der Waals surface area (Å²) >= 11 is 6.32. The lowest BCUT2D eigenvalue weighted by Crippen LogP contribution is -2.25. The smallest absolute Gasteiger partial charge is 0.409 e. The molecule has 0 heterocycles. The molecule has 0 saturated heterocycles. The summed E-state index contributed by atoms with van der Waals surface area (Å²) < 4.78 is 5.25. The number of halogens is 1. The molecule has 0 atom stereocenters. The van der Waals surface area contributed by atoms with Crippen LogP contribution in [0, 0.1) is 0 Å². The van der Waals surface area contributed by atoms with Gasteiger partial charge in [-0.2, -0.15) is 0 Å². The van der Waals surface area contributed by atoms with Crippen molar-refractivity contribution in [2.45, 2.75) is 19.8 Å². The van der Waals surface area contributed by atoms with Crippen molar-refractivity contribution in [3.63, 3.8) is 0 Å². The van der Waals surface area contributed by atoms with Crippen molar-refractivity contribution >= 4 is 28.5 Å². The highest BCUT2D eigenvalue weighted by Crippen LogP contribution is 2.33. The Morgan fingerprint density at radius 3 is 2.65 bits per heavy atom. The number of carbonyl (C=O) groups excluding carboxylic acids is 1. The molecule has 2 aromatic rings. The van der Waals surface area contributed by atoms with Crippen LogP contribution in [-0.4, -0.2) is 25.1 Å². The zero-order valence-corrected chi connectivity index (χ0v) is 12.7. The molecule has 0 aliphatic carbocycles. The average molecular weight is 292 g/mol. The highest BCUT2D eigenvalue weighted by atomic mass is 35.5. The summed E-state index contributed by atoms with van der Waals surface area (Å²) in [5, 5.41) is 2.43. The van der Waals surface area contributed by atoms with Gasteiger partial charge in [-0.1, -0.05) is 49.2 Å². The molecule has 4 heteroatoms. The average Bonchev–Trinajstić information content (AvgIpc) is 2.42. The molecule has 1 amide bonds. The van der Waals surface area contributed by atoms with Gasteiger partial charge in [0.2, 0.25) is 0 Å². The van der Waals surface area contributed by atoms with E-state index in [4.69, 9.17) is 16.3 Å². The summed E-state index contributed by atoms with van der Waals surface area (Å²) in [6.07, 6.45) is 1.72. The molecule has 0 aliphatic rings. The number of hydrogen-bond donors (Lipinski definition) is 0. The van der Waals surface area contributed by atoms with Crippen LogP contribution in [0.4, 0.5) is 4.79 Å². The van der Waals surface area contributed by atoms with Crippen LogP contribution in [0.25, 0.3) is 10.8 Å². The van der Waals surface area contributed by atoms with Gasteiger partial charge in [-0.25, -0.2) is 4.79 Å². The zero-order valence-electron chi connectivity index (χ0n) is 11.9. The summed E-state index contributed by atoms with van der Waals surface area (Å²) in [7, 11) is 3.27. The lowest BCUT2D eigenvalue weighted by Gasteiger charge is -2.13. The summed E-state index contributed by atoms with van der Waals surface area (Å²) in [5.41, 5.74) is 1.29. The Kier molecular flexibility index (Phi) is 4.50. The Labute approximate surface area is 124 Å². The first-order valence-corrected chi connectivity index (χ1v) is 7.01. The normalized spacial score (nSPS) is 10.6. The van der Waals surface area contributed by atoms with Gasteiger partial charge in [0.15, 0.2) is 5.75 Å². The number of hydrogen-bond acceptors (Lipinski definition) is 2. The maximum Gasteiger partial charge on any atom is 0.414 e. The van der Waals surface area contributed by atoms with E-state index in [1.54, 1.807) is 20.2 Å². The Morgan fingerprint density at radius 2 is 2.00 bits per heavy atom. The summed E-state index contributed by atoms with van der Waals surface area (Å²) in [5.74, 6) is 0.390. The molecule has 20 heavy (non-hydrogen) atoms. The van der Waals surface area contributed by atoms with Gasteiger partial charge in [0, 0.05) is 19.5 Å². The Morgan fingerprint density at radius 1 is 1.25 bits per heavy atom. The van der Waals surface area contributed by atoms with Gasteiger partial charge in [0.05, 0.1) is 5.02 Å². The van der Waals surface area contributed by atoms with Gasteiger partial charge in [-0.05, 0) is 23.4 Å². The second-order valence-electron chi connectivity index (χ2n) is 4.95. The van der Waals surface area contributed by atoms with Crippen LogP contribution >= 0.6 is 11.6 Å². The molecule has 0 bridgehead atoms. The fourth-order valence-corrected chi connectivity index (χ4v) is 2.30. The molecule has 0 spiro atoms. The van der Waals surface area contributed by atoms with Gasteiger partial charge in [0.25, 0.3) is 0 Å². The van der Waals surface area contributed by atoms with Gasteiger partial charge in [-0.3, -0.25) is 0 Å². The Balaban J connectivity index is 2.38. The molecule has 0 radical (unpaired) electrons. The third kappa shape index (κ3) is 3.05. The van der Waals surface area contributed by atoms with E-state index in [0.717, 1.165) is 23.6 Å². The molecule has 2 aromatic carbocycles. The molecule has 0 N–H and O–H groups in total. The number of carbonyl (C=O) groups is 1. The van der Waals surface area contributed by atoms with Gasteiger partial charge in [0.1, 0.15) is 0 Å². The van der Waals surface area contributed by atoms with E-state index in [1.807, 2.05) is 12.1 Å². The zero-order chi connectivity index (χ0) is 14.7. The third-order valence-electron chi connectivity index (χ3n) is 3.08. The molecule has 0 aliphatic heterocycles. The summed E-state index contributed by atoms with van der Waals surface area (Å²) in [6.45, 7) is 2.15. The predicted octanol–water partition coefficient (Wildman–Crippen LogP) is 4.51. The van der Waals surface area contributed by atoms with Crippen molar-refractivity contribution in [2.75, 3.05) is 14.1 Å². The summed E-state index contributed by atoms with van der Waals surface area (Å²) in [4.78, 5) is 13.0. The molecule has 0 aromatic heterocycles. The van der Waals surface area contributed by atoms with E-state index < -0.39 is 6.09 Å². The number of amides is 1. The number of ether oxygens (including phenoxy) is 1. The van der Waals surface area contributed by atoms with E-state index >= 15 is 0 Å². The van der Waals surface area contributed by atoms with E-state index in [1.165, 1.54) is 10.5 Å². The van der Waals surface area contributed by atoms with Crippen molar-refractivity contribution in [1.82, 2.24) is 4.90 Å². The standard InChI is InChI=1S/C16H18ClNO2/c1-4-5-11-6-8-13-12(10-11)7-9-14(15(13)17)20-16(19)18(2)3/h6-10H,4-5H2,1-3H3. The SMILES string of the molecule is CCCc1ccc2c(Cl)c(OC(=O)N(C)C)ccc2c1. The van der Waals surface area contributed by atoms with Crippen molar-refractivity contribution < 1.29 is 9.53 Å². The molecular weight excluding hydrogens is 274 g/mol. The molecule has 106 valence electrons. The van der Waals surface area contributed by atoms with Crippen LogP contribution in [0.3, 0.4) is 0 Å². The molecule has 0 saturated carbocycles. The van der Waals surface area contributed by atoms with E-state index in [-0.39, 0.29) is 0 Å². The van der Waals surface area contributed by atoms with Gasteiger partial charge >= 0.3 is 6.09 Å². The quantitative estimate of drug-likeness (QED) is 0.833. The van der Waals surface area contributed by atoms with Crippen molar-refractivity contribution in [3.8, 4) is 5.75 Å². The number of aryl methyl sites for hydroxylation is 1. The molecule has 2 rings (SSSR count).